The normalized spacial score (nSPS) is 27.9. The monoisotopic (exact) mass is 275 g/mol. The largest absolute Gasteiger partial charge is 0.392 e. The van der Waals surface area contributed by atoms with Gasteiger partial charge in [0.05, 0.1) is 6.10 Å². The van der Waals surface area contributed by atoms with E-state index in [1.165, 1.54) is 0 Å². The second-order valence-electron chi connectivity index (χ2n) is 6.20. The van der Waals surface area contributed by atoms with E-state index in [4.69, 9.17) is 0 Å². The number of benzene rings is 1. The molecule has 5 heteroatoms. The number of nitrogens with zero attached hydrogens (tertiary/aromatic N) is 1. The van der Waals surface area contributed by atoms with Crippen LogP contribution in [0, 0.1) is 5.41 Å². The summed E-state index contributed by atoms with van der Waals surface area (Å²) in [4.78, 5) is 13.3. The van der Waals surface area contributed by atoms with Crippen LogP contribution in [0.3, 0.4) is 0 Å². The number of urea groups is 1. The summed E-state index contributed by atoms with van der Waals surface area (Å²) in [5.74, 6) is 0. The smallest absolute Gasteiger partial charge is 0.321 e. The number of carbonyl (C=O) groups is 1. The highest BCUT2D eigenvalue weighted by Gasteiger charge is 2.47. The third-order valence-electron chi connectivity index (χ3n) is 4.59. The van der Waals surface area contributed by atoms with Crippen LogP contribution in [0.1, 0.15) is 20.3 Å². The molecule has 2 unspecified atom stereocenters. The van der Waals surface area contributed by atoms with Gasteiger partial charge in [-0.1, -0.05) is 13.8 Å². The molecule has 1 aliphatic heterocycles. The van der Waals surface area contributed by atoms with Crippen molar-refractivity contribution in [2.45, 2.75) is 32.4 Å². The molecule has 2 atom stereocenters. The Morgan fingerprint density at radius 2 is 2.05 bits per heavy atom. The summed E-state index contributed by atoms with van der Waals surface area (Å²) in [7, 11) is 0. The number of hydrogen-bond acceptors (Lipinski definition) is 3. The number of rotatable bonds is 3. The third-order valence-corrected chi connectivity index (χ3v) is 4.59. The number of carbonyl (C=O) groups excluding carboxylic acids is 1. The van der Waals surface area contributed by atoms with Gasteiger partial charge in [-0.15, -0.1) is 0 Å². The van der Waals surface area contributed by atoms with E-state index in [-0.39, 0.29) is 17.6 Å². The summed E-state index contributed by atoms with van der Waals surface area (Å²) in [6.45, 7) is 5.56. The lowest BCUT2D eigenvalue weighted by molar-refractivity contribution is -0.0510. The summed E-state index contributed by atoms with van der Waals surface area (Å²) in [6, 6.07) is 8.14. The summed E-state index contributed by atoms with van der Waals surface area (Å²) in [5, 5.41) is 16.0. The number of anilines is 2. The SMILES string of the molecule is CC1(C)C(O)CC1Nc1ccc(N2CCNC2=O)cc1. The number of aliphatic hydroxyl groups excluding tert-OH is 1. The van der Waals surface area contributed by atoms with Crippen LogP contribution in [-0.4, -0.2) is 36.4 Å². The van der Waals surface area contributed by atoms with E-state index in [0.29, 0.717) is 19.1 Å². The third kappa shape index (κ3) is 2.12. The van der Waals surface area contributed by atoms with E-state index in [0.717, 1.165) is 17.8 Å². The minimum absolute atomic E-state index is 0.0334. The first-order chi connectivity index (χ1) is 9.48. The molecule has 1 saturated heterocycles. The minimum atomic E-state index is -0.229. The van der Waals surface area contributed by atoms with Crippen molar-refractivity contribution < 1.29 is 9.90 Å². The summed E-state index contributed by atoms with van der Waals surface area (Å²) in [6.07, 6.45) is 0.552. The summed E-state index contributed by atoms with van der Waals surface area (Å²) >= 11 is 0. The number of nitrogens with one attached hydrogen (secondary N) is 2. The van der Waals surface area contributed by atoms with E-state index in [2.05, 4.69) is 24.5 Å². The highest BCUT2D eigenvalue weighted by Crippen LogP contribution is 2.42. The van der Waals surface area contributed by atoms with Crippen molar-refractivity contribution in [1.82, 2.24) is 5.32 Å². The Balaban J connectivity index is 1.66. The van der Waals surface area contributed by atoms with Gasteiger partial charge in [0, 0.05) is 35.9 Å². The van der Waals surface area contributed by atoms with E-state index in [1.807, 2.05) is 24.3 Å². The van der Waals surface area contributed by atoms with Crippen molar-refractivity contribution >= 4 is 17.4 Å². The Morgan fingerprint density at radius 3 is 2.55 bits per heavy atom. The zero-order valence-electron chi connectivity index (χ0n) is 11.9. The van der Waals surface area contributed by atoms with Crippen molar-refractivity contribution in [3.05, 3.63) is 24.3 Å². The van der Waals surface area contributed by atoms with Gasteiger partial charge in [0.2, 0.25) is 0 Å². The molecule has 5 nitrogen and oxygen atoms in total. The lowest BCUT2D eigenvalue weighted by Gasteiger charge is -2.49. The molecule has 3 rings (SSSR count). The molecular formula is C15H21N3O2. The maximum atomic E-state index is 11.6. The van der Waals surface area contributed by atoms with Crippen LogP contribution in [0.15, 0.2) is 24.3 Å². The van der Waals surface area contributed by atoms with E-state index in [1.54, 1.807) is 4.90 Å². The molecule has 1 saturated carbocycles. The van der Waals surface area contributed by atoms with Gasteiger partial charge in [0.1, 0.15) is 0 Å². The molecule has 0 radical (unpaired) electrons. The standard InChI is InChI=1S/C15H21N3O2/c1-15(2)12(9-13(15)19)17-10-3-5-11(6-4-10)18-8-7-16-14(18)20/h3-6,12-13,17,19H,7-9H2,1-2H3,(H,16,20). The predicted molar refractivity (Wildman–Crippen MR) is 79.0 cm³/mol. The highest BCUT2D eigenvalue weighted by atomic mass is 16.3. The average Bonchev–Trinajstić information content (AvgIpc) is 2.85. The van der Waals surface area contributed by atoms with Gasteiger partial charge in [-0.25, -0.2) is 4.79 Å². The van der Waals surface area contributed by atoms with Gasteiger partial charge in [-0.2, -0.15) is 0 Å². The molecule has 20 heavy (non-hydrogen) atoms. The topological polar surface area (TPSA) is 64.6 Å². The Kier molecular flexibility index (Phi) is 3.09. The molecule has 1 aliphatic carbocycles. The number of hydrogen-bond donors (Lipinski definition) is 3. The summed E-state index contributed by atoms with van der Waals surface area (Å²) < 4.78 is 0. The van der Waals surface area contributed by atoms with Crippen molar-refractivity contribution in [1.29, 1.82) is 0 Å². The lowest BCUT2D eigenvalue weighted by atomic mass is 9.64. The second kappa shape index (κ2) is 4.66. The van der Waals surface area contributed by atoms with Crippen LogP contribution >= 0.6 is 0 Å². The summed E-state index contributed by atoms with van der Waals surface area (Å²) in [5.41, 5.74) is 1.85. The van der Waals surface area contributed by atoms with Crippen LogP contribution in [0.4, 0.5) is 16.2 Å². The Hall–Kier alpha value is -1.75. The fourth-order valence-corrected chi connectivity index (χ4v) is 2.80. The van der Waals surface area contributed by atoms with Gasteiger partial charge in [0.25, 0.3) is 0 Å². The zero-order chi connectivity index (χ0) is 14.3. The fraction of sp³-hybridized carbons (Fsp3) is 0.533. The van der Waals surface area contributed by atoms with Gasteiger partial charge < -0.3 is 15.7 Å². The van der Waals surface area contributed by atoms with Crippen molar-refractivity contribution in [2.75, 3.05) is 23.3 Å². The molecule has 3 N–H and O–H groups in total. The number of aliphatic hydroxyl groups is 1. The lowest BCUT2D eigenvalue weighted by Crippen LogP contribution is -2.56. The van der Waals surface area contributed by atoms with Crippen molar-refractivity contribution in [3.63, 3.8) is 0 Å². The van der Waals surface area contributed by atoms with Crippen LogP contribution in [0.2, 0.25) is 0 Å². The second-order valence-corrected chi connectivity index (χ2v) is 6.20. The molecule has 1 aromatic rings. The molecule has 0 bridgehead atoms. The van der Waals surface area contributed by atoms with Crippen LogP contribution in [0.25, 0.3) is 0 Å². The van der Waals surface area contributed by atoms with Crippen molar-refractivity contribution in [3.8, 4) is 0 Å². The number of amides is 2. The van der Waals surface area contributed by atoms with Gasteiger partial charge in [-0.3, -0.25) is 4.90 Å². The molecule has 108 valence electrons. The van der Waals surface area contributed by atoms with Gasteiger partial charge in [-0.05, 0) is 30.7 Å². The highest BCUT2D eigenvalue weighted by molar-refractivity contribution is 5.94. The first-order valence-corrected chi connectivity index (χ1v) is 7.08. The molecule has 2 aliphatic rings. The predicted octanol–water partition coefficient (Wildman–Crippen LogP) is 1.79. The molecule has 1 heterocycles. The maximum absolute atomic E-state index is 11.6. The van der Waals surface area contributed by atoms with Crippen molar-refractivity contribution in [2.24, 2.45) is 5.41 Å². The molecule has 0 aromatic heterocycles. The molecule has 0 spiro atoms. The van der Waals surface area contributed by atoms with Crippen LogP contribution < -0.4 is 15.5 Å². The van der Waals surface area contributed by atoms with E-state index < -0.39 is 0 Å². The average molecular weight is 275 g/mol. The Morgan fingerprint density at radius 1 is 1.35 bits per heavy atom. The molecule has 2 fully saturated rings. The first kappa shape index (κ1) is 13.2. The van der Waals surface area contributed by atoms with E-state index >= 15 is 0 Å². The zero-order valence-corrected chi connectivity index (χ0v) is 11.9. The first-order valence-electron chi connectivity index (χ1n) is 7.08. The molecule has 1 aromatic carbocycles. The fourth-order valence-electron chi connectivity index (χ4n) is 2.80. The molecule has 2 amide bonds. The Labute approximate surface area is 119 Å². The minimum Gasteiger partial charge on any atom is -0.392 e. The van der Waals surface area contributed by atoms with E-state index in [9.17, 15) is 9.90 Å². The van der Waals surface area contributed by atoms with Crippen LogP contribution in [-0.2, 0) is 0 Å². The quantitative estimate of drug-likeness (QED) is 0.788. The van der Waals surface area contributed by atoms with Gasteiger partial charge >= 0.3 is 6.03 Å². The Bertz CT molecular complexity index is 512. The maximum Gasteiger partial charge on any atom is 0.321 e. The molecular weight excluding hydrogens is 254 g/mol. The van der Waals surface area contributed by atoms with Crippen LogP contribution in [0.5, 0.6) is 0 Å². The van der Waals surface area contributed by atoms with Gasteiger partial charge in [0.15, 0.2) is 0 Å².